The van der Waals surface area contributed by atoms with Gasteiger partial charge in [0.15, 0.2) is 0 Å². The summed E-state index contributed by atoms with van der Waals surface area (Å²) < 4.78 is 6.22. The van der Waals surface area contributed by atoms with Gasteiger partial charge in [0.1, 0.15) is 23.2 Å². The first-order valence-electron chi connectivity index (χ1n) is 9.36. The number of benzene rings is 1. The standard InChI is InChI=1S/C21H30O4/c1-5-6-7-8-13-11-15(22)18-16(12-13)25-20(2,3)14-9-10-21(4,24)19(23)17(14)18/h11-12,19,22-24H,5-10H2,1-4H3/t19-,21+/m0/s1. The number of phenols is 1. The summed E-state index contributed by atoms with van der Waals surface area (Å²) in [4.78, 5) is 0. The molecule has 1 aliphatic carbocycles. The lowest BCUT2D eigenvalue weighted by Gasteiger charge is -2.45. The van der Waals surface area contributed by atoms with Crippen molar-refractivity contribution in [1.29, 1.82) is 0 Å². The molecule has 0 radical (unpaired) electrons. The molecule has 0 aromatic heterocycles. The molecule has 4 nitrogen and oxygen atoms in total. The largest absolute Gasteiger partial charge is 0.507 e. The Hall–Kier alpha value is -1.52. The van der Waals surface area contributed by atoms with Crippen LogP contribution in [0, 0.1) is 0 Å². The highest BCUT2D eigenvalue weighted by molar-refractivity contribution is 5.84. The second-order valence-electron chi connectivity index (χ2n) is 8.21. The molecule has 1 aromatic rings. The molecule has 1 aliphatic heterocycles. The summed E-state index contributed by atoms with van der Waals surface area (Å²) in [5, 5.41) is 32.0. The van der Waals surface area contributed by atoms with Gasteiger partial charge in [-0.15, -0.1) is 0 Å². The van der Waals surface area contributed by atoms with E-state index in [1.54, 1.807) is 13.0 Å². The molecule has 0 fully saturated rings. The highest BCUT2D eigenvalue weighted by atomic mass is 16.5. The number of aryl methyl sites for hydroxylation is 1. The lowest BCUT2D eigenvalue weighted by Crippen LogP contribution is -2.48. The maximum Gasteiger partial charge on any atom is 0.132 e. The average Bonchev–Trinajstić information content (AvgIpc) is 2.50. The highest BCUT2D eigenvalue weighted by Crippen LogP contribution is 2.52. The Morgan fingerprint density at radius 2 is 1.92 bits per heavy atom. The third kappa shape index (κ3) is 3.18. The first-order valence-corrected chi connectivity index (χ1v) is 9.36. The van der Waals surface area contributed by atoms with Gasteiger partial charge < -0.3 is 20.1 Å². The lowest BCUT2D eigenvalue weighted by atomic mass is 9.70. The molecule has 0 saturated carbocycles. The minimum atomic E-state index is -1.20. The molecule has 2 aliphatic rings. The van der Waals surface area contributed by atoms with Crippen molar-refractivity contribution in [3.8, 4) is 11.5 Å². The fourth-order valence-electron chi connectivity index (χ4n) is 4.11. The molecule has 0 amide bonds. The Balaban J connectivity index is 2.09. The molecular formula is C21H30O4. The van der Waals surface area contributed by atoms with Gasteiger partial charge in [-0.1, -0.05) is 19.8 Å². The van der Waals surface area contributed by atoms with E-state index in [0.717, 1.165) is 36.8 Å². The molecule has 0 saturated heterocycles. The van der Waals surface area contributed by atoms with Crippen LogP contribution in [0.4, 0.5) is 0 Å². The number of ether oxygens (including phenoxy) is 1. The van der Waals surface area contributed by atoms with Crippen molar-refractivity contribution in [1.82, 2.24) is 0 Å². The first-order chi connectivity index (χ1) is 11.7. The molecule has 138 valence electrons. The van der Waals surface area contributed by atoms with Crippen LogP contribution in [0.5, 0.6) is 11.5 Å². The molecule has 25 heavy (non-hydrogen) atoms. The van der Waals surface area contributed by atoms with Gasteiger partial charge in [0.05, 0.1) is 11.2 Å². The van der Waals surface area contributed by atoms with E-state index in [1.807, 2.05) is 19.9 Å². The van der Waals surface area contributed by atoms with E-state index in [0.29, 0.717) is 29.7 Å². The van der Waals surface area contributed by atoms with Crippen LogP contribution in [-0.2, 0) is 6.42 Å². The summed E-state index contributed by atoms with van der Waals surface area (Å²) in [7, 11) is 0. The topological polar surface area (TPSA) is 69.9 Å². The third-order valence-electron chi connectivity index (χ3n) is 5.64. The van der Waals surface area contributed by atoms with Gasteiger partial charge in [-0.05, 0) is 69.7 Å². The highest BCUT2D eigenvalue weighted by Gasteiger charge is 2.47. The van der Waals surface area contributed by atoms with Crippen LogP contribution >= 0.6 is 0 Å². The number of hydrogen-bond donors (Lipinski definition) is 3. The van der Waals surface area contributed by atoms with E-state index in [4.69, 9.17) is 4.74 Å². The molecule has 0 spiro atoms. The second-order valence-corrected chi connectivity index (χ2v) is 8.21. The minimum absolute atomic E-state index is 0.128. The van der Waals surface area contributed by atoms with Crippen molar-refractivity contribution in [2.24, 2.45) is 0 Å². The van der Waals surface area contributed by atoms with Crippen molar-refractivity contribution in [3.63, 3.8) is 0 Å². The van der Waals surface area contributed by atoms with E-state index in [1.165, 1.54) is 0 Å². The predicted molar refractivity (Wildman–Crippen MR) is 98.8 cm³/mol. The monoisotopic (exact) mass is 346 g/mol. The maximum atomic E-state index is 10.8. The number of unbranched alkanes of at least 4 members (excludes halogenated alkanes) is 2. The summed E-state index contributed by atoms with van der Waals surface area (Å²) >= 11 is 0. The fourth-order valence-corrected chi connectivity index (χ4v) is 4.11. The minimum Gasteiger partial charge on any atom is -0.507 e. The van der Waals surface area contributed by atoms with Crippen LogP contribution in [0.1, 0.15) is 70.9 Å². The molecule has 4 heteroatoms. The summed E-state index contributed by atoms with van der Waals surface area (Å²) in [6, 6.07) is 3.75. The summed E-state index contributed by atoms with van der Waals surface area (Å²) in [6.45, 7) is 7.79. The lowest BCUT2D eigenvalue weighted by molar-refractivity contribution is -0.0476. The Bertz CT molecular complexity index is 700. The van der Waals surface area contributed by atoms with Gasteiger partial charge >= 0.3 is 0 Å². The van der Waals surface area contributed by atoms with Crippen LogP contribution in [0.15, 0.2) is 17.7 Å². The van der Waals surface area contributed by atoms with Crippen molar-refractivity contribution in [2.75, 3.05) is 0 Å². The normalized spacial score (nSPS) is 27.5. The molecule has 1 heterocycles. The molecular weight excluding hydrogens is 316 g/mol. The smallest absolute Gasteiger partial charge is 0.132 e. The van der Waals surface area contributed by atoms with Crippen LogP contribution in [0.3, 0.4) is 0 Å². The zero-order valence-electron chi connectivity index (χ0n) is 15.7. The molecule has 0 unspecified atom stereocenters. The third-order valence-corrected chi connectivity index (χ3v) is 5.64. The van der Waals surface area contributed by atoms with Crippen LogP contribution in [0.2, 0.25) is 0 Å². The van der Waals surface area contributed by atoms with Gasteiger partial charge in [0.2, 0.25) is 0 Å². The number of fused-ring (bicyclic) bond motifs is 2. The Morgan fingerprint density at radius 1 is 1.20 bits per heavy atom. The van der Waals surface area contributed by atoms with Gasteiger partial charge in [0, 0.05) is 5.57 Å². The second kappa shape index (κ2) is 6.33. The molecule has 3 rings (SSSR count). The zero-order valence-corrected chi connectivity index (χ0v) is 15.7. The predicted octanol–water partition coefficient (Wildman–Crippen LogP) is 3.96. The van der Waals surface area contributed by atoms with Crippen molar-refractivity contribution >= 4 is 5.57 Å². The Labute approximate surface area is 150 Å². The van der Waals surface area contributed by atoms with E-state index >= 15 is 0 Å². The summed E-state index contributed by atoms with van der Waals surface area (Å²) in [6.07, 6.45) is 4.36. The number of aromatic hydroxyl groups is 1. The van der Waals surface area contributed by atoms with Crippen molar-refractivity contribution in [2.45, 2.75) is 83.5 Å². The number of aliphatic hydroxyl groups excluding tert-OH is 1. The van der Waals surface area contributed by atoms with Crippen LogP contribution in [0.25, 0.3) is 5.57 Å². The number of phenolic OH excluding ortho intramolecular Hbond substituents is 1. The Morgan fingerprint density at radius 3 is 2.60 bits per heavy atom. The first kappa shape index (κ1) is 18.3. The molecule has 2 atom stereocenters. The number of aliphatic hydroxyl groups is 2. The summed E-state index contributed by atoms with van der Waals surface area (Å²) in [5.41, 5.74) is 1.43. The summed E-state index contributed by atoms with van der Waals surface area (Å²) in [5.74, 6) is 0.732. The van der Waals surface area contributed by atoms with E-state index < -0.39 is 17.3 Å². The zero-order chi connectivity index (χ0) is 18.4. The van der Waals surface area contributed by atoms with E-state index in [2.05, 4.69) is 6.92 Å². The van der Waals surface area contributed by atoms with E-state index in [9.17, 15) is 15.3 Å². The average molecular weight is 346 g/mol. The maximum absolute atomic E-state index is 10.8. The van der Waals surface area contributed by atoms with Gasteiger partial charge in [-0.3, -0.25) is 0 Å². The van der Waals surface area contributed by atoms with Crippen molar-refractivity contribution in [3.05, 3.63) is 28.8 Å². The molecule has 3 N–H and O–H groups in total. The van der Waals surface area contributed by atoms with Gasteiger partial charge in [-0.2, -0.15) is 0 Å². The Kier molecular flexibility index (Phi) is 4.63. The fraction of sp³-hybridized carbons (Fsp3) is 0.619. The number of hydrogen-bond acceptors (Lipinski definition) is 4. The van der Waals surface area contributed by atoms with Crippen LogP contribution < -0.4 is 4.74 Å². The number of rotatable bonds is 4. The molecule has 1 aromatic carbocycles. The van der Waals surface area contributed by atoms with Crippen molar-refractivity contribution < 1.29 is 20.1 Å². The van der Waals surface area contributed by atoms with Gasteiger partial charge in [0.25, 0.3) is 0 Å². The van der Waals surface area contributed by atoms with Crippen LogP contribution in [-0.4, -0.2) is 32.6 Å². The van der Waals surface area contributed by atoms with E-state index in [-0.39, 0.29) is 5.75 Å². The quantitative estimate of drug-likeness (QED) is 0.722. The molecule has 0 bridgehead atoms. The van der Waals surface area contributed by atoms with Gasteiger partial charge in [-0.25, -0.2) is 0 Å². The SMILES string of the molecule is CCCCCc1cc(O)c2c(c1)OC(C)(C)C1=C2[C@H](O)[C@](C)(O)CC1.